The van der Waals surface area contributed by atoms with Crippen LogP contribution in [0.5, 0.6) is 0 Å². The number of aromatic nitrogens is 3. The van der Waals surface area contributed by atoms with Gasteiger partial charge in [0.1, 0.15) is 5.82 Å². The molecule has 1 aliphatic heterocycles. The summed E-state index contributed by atoms with van der Waals surface area (Å²) in [6.07, 6.45) is 12.6. The van der Waals surface area contributed by atoms with Crippen molar-refractivity contribution in [3.63, 3.8) is 0 Å². The fourth-order valence-corrected chi connectivity index (χ4v) is 4.10. The molecule has 2 aromatic heterocycles. The summed E-state index contributed by atoms with van der Waals surface area (Å²) in [4.78, 5) is 19.9. The van der Waals surface area contributed by atoms with Gasteiger partial charge >= 0.3 is 0 Å². The van der Waals surface area contributed by atoms with Crippen molar-refractivity contribution in [1.82, 2.24) is 19.9 Å². The smallest absolute Gasteiger partial charge is 0.121 e. The molecule has 2 atom stereocenters. The highest BCUT2D eigenvalue weighted by Crippen LogP contribution is 2.28. The summed E-state index contributed by atoms with van der Waals surface area (Å²) in [7, 11) is 0. The maximum absolute atomic E-state index is 4.79. The van der Waals surface area contributed by atoms with Gasteiger partial charge in [-0.25, -0.2) is 4.98 Å². The number of imidazole rings is 1. The molecule has 0 saturated carbocycles. The lowest BCUT2D eigenvalue weighted by molar-refractivity contribution is 0.186. The molecular formula is C23H23N5. The minimum atomic E-state index is 0.323. The first-order valence-corrected chi connectivity index (χ1v) is 9.84. The van der Waals surface area contributed by atoms with Gasteiger partial charge in [-0.05, 0) is 48.8 Å². The molecule has 0 fully saturated rings. The van der Waals surface area contributed by atoms with Gasteiger partial charge in [0.05, 0.1) is 29.3 Å². The average Bonchev–Trinajstić information content (AvgIpc) is 3.16. The number of H-pyrrole nitrogens is 1. The second-order valence-electron chi connectivity index (χ2n) is 7.41. The SMILES string of the molecule is C1=CC2=CC(N(Cc3ccccn3)Cc3nc4ccccc4[nH]3)CCC2N=C1. The summed E-state index contributed by atoms with van der Waals surface area (Å²) in [6, 6.07) is 15.0. The molecule has 0 saturated heterocycles. The van der Waals surface area contributed by atoms with Crippen molar-refractivity contribution in [2.75, 3.05) is 0 Å². The van der Waals surface area contributed by atoms with Crippen molar-refractivity contribution in [3.05, 3.63) is 84.0 Å². The zero-order valence-electron chi connectivity index (χ0n) is 15.7. The van der Waals surface area contributed by atoms with Crippen LogP contribution in [-0.4, -0.2) is 38.2 Å². The minimum absolute atomic E-state index is 0.323. The Morgan fingerprint density at radius 1 is 1.04 bits per heavy atom. The number of nitrogens with one attached hydrogen (secondary N) is 1. The Morgan fingerprint density at radius 3 is 2.86 bits per heavy atom. The number of aliphatic imine (C=N–C) groups is 1. The normalized spacial score (nSPS) is 21.1. The second-order valence-corrected chi connectivity index (χ2v) is 7.41. The van der Waals surface area contributed by atoms with Crippen molar-refractivity contribution in [2.45, 2.75) is 38.0 Å². The number of pyridine rings is 1. The van der Waals surface area contributed by atoms with E-state index in [4.69, 9.17) is 4.98 Å². The van der Waals surface area contributed by atoms with Crippen molar-refractivity contribution >= 4 is 17.2 Å². The number of benzene rings is 1. The quantitative estimate of drug-likeness (QED) is 0.738. The Hall–Kier alpha value is -3.05. The van der Waals surface area contributed by atoms with Crippen molar-refractivity contribution < 1.29 is 0 Å². The molecule has 0 bridgehead atoms. The average molecular weight is 369 g/mol. The highest BCUT2D eigenvalue weighted by molar-refractivity contribution is 5.75. The van der Waals surface area contributed by atoms with Crippen LogP contribution in [0.25, 0.3) is 11.0 Å². The lowest BCUT2D eigenvalue weighted by Gasteiger charge is -2.34. The largest absolute Gasteiger partial charge is 0.341 e. The molecule has 2 unspecified atom stereocenters. The van der Waals surface area contributed by atoms with Crippen LogP contribution in [0.15, 0.2) is 77.5 Å². The molecule has 1 aromatic carbocycles. The van der Waals surface area contributed by atoms with E-state index in [1.54, 1.807) is 0 Å². The van der Waals surface area contributed by atoms with Crippen LogP contribution in [0, 0.1) is 0 Å². The van der Waals surface area contributed by atoms with Crippen LogP contribution in [0.3, 0.4) is 0 Å². The molecule has 0 radical (unpaired) electrons. The van der Waals surface area contributed by atoms with Gasteiger partial charge in [0.25, 0.3) is 0 Å². The first-order valence-electron chi connectivity index (χ1n) is 9.84. The summed E-state index contributed by atoms with van der Waals surface area (Å²) in [5.41, 5.74) is 4.51. The number of nitrogens with zero attached hydrogens (tertiary/aromatic N) is 4. The molecule has 1 aliphatic carbocycles. The molecule has 5 nitrogen and oxygen atoms in total. The van der Waals surface area contributed by atoms with E-state index in [1.165, 1.54) is 5.57 Å². The zero-order chi connectivity index (χ0) is 18.8. The van der Waals surface area contributed by atoms with E-state index in [1.807, 2.05) is 36.7 Å². The molecule has 28 heavy (non-hydrogen) atoms. The zero-order valence-corrected chi connectivity index (χ0v) is 15.7. The van der Waals surface area contributed by atoms with E-state index in [0.29, 0.717) is 12.1 Å². The van der Waals surface area contributed by atoms with E-state index in [0.717, 1.165) is 48.5 Å². The molecule has 3 aromatic rings. The number of aromatic amines is 1. The maximum atomic E-state index is 4.79. The van der Waals surface area contributed by atoms with Gasteiger partial charge in [-0.15, -0.1) is 0 Å². The third-order valence-corrected chi connectivity index (χ3v) is 5.50. The van der Waals surface area contributed by atoms with E-state index >= 15 is 0 Å². The van der Waals surface area contributed by atoms with Gasteiger partial charge in [-0.3, -0.25) is 14.9 Å². The topological polar surface area (TPSA) is 57.2 Å². The predicted octanol–water partition coefficient (Wildman–Crippen LogP) is 4.06. The van der Waals surface area contributed by atoms with Crippen LogP contribution in [-0.2, 0) is 13.1 Å². The van der Waals surface area contributed by atoms with Gasteiger partial charge in [0.2, 0.25) is 0 Å². The molecule has 0 spiro atoms. The Kier molecular flexibility index (Phi) is 4.59. The number of hydrogen-bond acceptors (Lipinski definition) is 4. The van der Waals surface area contributed by atoms with E-state index in [2.05, 4.69) is 56.3 Å². The van der Waals surface area contributed by atoms with Crippen LogP contribution in [0.2, 0.25) is 0 Å². The Labute approximate surface area is 164 Å². The Bertz CT molecular complexity index is 1010. The Morgan fingerprint density at radius 2 is 1.96 bits per heavy atom. The number of dihydropyridines is 1. The number of hydrogen-bond donors (Lipinski definition) is 1. The first-order chi connectivity index (χ1) is 13.8. The van der Waals surface area contributed by atoms with Crippen molar-refractivity contribution in [3.8, 4) is 0 Å². The third-order valence-electron chi connectivity index (χ3n) is 5.50. The van der Waals surface area contributed by atoms with Gasteiger partial charge in [-0.2, -0.15) is 0 Å². The van der Waals surface area contributed by atoms with E-state index < -0.39 is 0 Å². The van der Waals surface area contributed by atoms with Crippen LogP contribution in [0.1, 0.15) is 24.4 Å². The number of allylic oxidation sites excluding steroid dienone is 1. The third kappa shape index (κ3) is 3.53. The highest BCUT2D eigenvalue weighted by atomic mass is 15.2. The summed E-state index contributed by atoms with van der Waals surface area (Å²) < 4.78 is 0. The van der Waals surface area contributed by atoms with Crippen LogP contribution >= 0.6 is 0 Å². The molecule has 5 heteroatoms. The standard InChI is InChI=1S/C23H23N5/c1-2-9-22-21(8-1)26-23(27-22)16-28(15-18-7-3-4-12-24-18)19-10-11-20-17(14-19)6-5-13-25-20/h1-9,12-14,19-20H,10-11,15-16H2,(H,26,27). The second kappa shape index (κ2) is 7.52. The van der Waals surface area contributed by atoms with E-state index in [9.17, 15) is 0 Å². The first kappa shape index (κ1) is 17.1. The van der Waals surface area contributed by atoms with Crippen molar-refractivity contribution in [1.29, 1.82) is 0 Å². The maximum Gasteiger partial charge on any atom is 0.121 e. The molecule has 3 heterocycles. The summed E-state index contributed by atoms with van der Waals surface area (Å²) in [5, 5.41) is 0. The summed E-state index contributed by atoms with van der Waals surface area (Å²) in [5.74, 6) is 0.995. The number of rotatable bonds is 5. The molecule has 2 aliphatic rings. The molecule has 0 amide bonds. The lowest BCUT2D eigenvalue weighted by atomic mass is 9.89. The molecule has 5 rings (SSSR count). The fourth-order valence-electron chi connectivity index (χ4n) is 4.10. The fraction of sp³-hybridized carbons (Fsp3) is 0.261. The summed E-state index contributed by atoms with van der Waals surface area (Å²) >= 11 is 0. The molecular weight excluding hydrogens is 346 g/mol. The number of fused-ring (bicyclic) bond motifs is 2. The van der Waals surface area contributed by atoms with Crippen LogP contribution in [0.4, 0.5) is 0 Å². The summed E-state index contributed by atoms with van der Waals surface area (Å²) in [6.45, 7) is 1.56. The van der Waals surface area contributed by atoms with Gasteiger partial charge in [0.15, 0.2) is 0 Å². The van der Waals surface area contributed by atoms with Crippen LogP contribution < -0.4 is 0 Å². The number of para-hydroxylation sites is 2. The van der Waals surface area contributed by atoms with Gasteiger partial charge in [-0.1, -0.05) is 30.4 Å². The minimum Gasteiger partial charge on any atom is -0.341 e. The van der Waals surface area contributed by atoms with Gasteiger partial charge < -0.3 is 4.98 Å². The van der Waals surface area contributed by atoms with Gasteiger partial charge in [0, 0.05) is 25.0 Å². The predicted molar refractivity (Wildman–Crippen MR) is 112 cm³/mol. The molecule has 140 valence electrons. The lowest BCUT2D eigenvalue weighted by Crippen LogP contribution is -2.37. The Balaban J connectivity index is 1.44. The highest BCUT2D eigenvalue weighted by Gasteiger charge is 2.27. The molecule has 1 N–H and O–H groups in total. The van der Waals surface area contributed by atoms with E-state index in [-0.39, 0.29) is 0 Å². The monoisotopic (exact) mass is 369 g/mol. The van der Waals surface area contributed by atoms with Crippen molar-refractivity contribution in [2.24, 2.45) is 4.99 Å².